The molecule has 0 radical (unpaired) electrons. The maximum absolute atomic E-state index is 11.5. The Morgan fingerprint density at radius 3 is 2.78 bits per heavy atom. The summed E-state index contributed by atoms with van der Waals surface area (Å²) in [5.74, 6) is 0.105. The van der Waals surface area contributed by atoms with E-state index in [-0.39, 0.29) is 17.4 Å². The highest BCUT2D eigenvalue weighted by Crippen LogP contribution is 2.38. The predicted octanol–water partition coefficient (Wildman–Crippen LogP) is 3.64. The number of hydrogen-bond acceptors (Lipinski definition) is 3. The summed E-state index contributed by atoms with van der Waals surface area (Å²) in [7, 11) is 0. The van der Waals surface area contributed by atoms with Gasteiger partial charge >= 0.3 is 0 Å². The number of amides is 1. The number of rotatable bonds is 6. The fourth-order valence-corrected chi connectivity index (χ4v) is 4.71. The number of nitrogens with two attached hydrogens (primary N) is 1. The molecule has 0 bridgehead atoms. The molecule has 1 amide bonds. The van der Waals surface area contributed by atoms with Gasteiger partial charge in [0.2, 0.25) is 5.91 Å². The van der Waals surface area contributed by atoms with Gasteiger partial charge in [-0.2, -0.15) is 0 Å². The van der Waals surface area contributed by atoms with Crippen molar-refractivity contribution in [2.24, 2.45) is 11.7 Å². The van der Waals surface area contributed by atoms with Crippen molar-refractivity contribution < 1.29 is 9.90 Å². The number of hydrogen-bond donors (Lipinski definition) is 2. The lowest BCUT2D eigenvalue weighted by molar-refractivity contribution is 0.0640. The first-order chi connectivity index (χ1) is 12.9. The quantitative estimate of drug-likeness (QED) is 0.752. The van der Waals surface area contributed by atoms with Crippen LogP contribution >= 0.6 is 0 Å². The minimum Gasteiger partial charge on any atom is -0.393 e. The second-order valence-electron chi connectivity index (χ2n) is 8.66. The SMILES string of the molecule is C=C1CN(CCC(O)C2CCCCC2)CC[C@@]1(C)c1cccc(C(N)=O)c1. The molecular weight excluding hydrogens is 336 g/mol. The van der Waals surface area contributed by atoms with Gasteiger partial charge < -0.3 is 10.8 Å². The Morgan fingerprint density at radius 1 is 1.37 bits per heavy atom. The minimum absolute atomic E-state index is 0.135. The van der Waals surface area contributed by atoms with Gasteiger partial charge in [0.05, 0.1) is 6.10 Å². The van der Waals surface area contributed by atoms with Crippen molar-refractivity contribution in [3.8, 4) is 0 Å². The number of nitrogens with zero attached hydrogens (tertiary/aromatic N) is 1. The highest BCUT2D eigenvalue weighted by Gasteiger charge is 2.35. The third kappa shape index (κ3) is 4.61. The standard InChI is InChI=1S/C23H34N2O2/c1-17-16-25(13-11-21(26)18-7-4-3-5-8-18)14-12-23(17,2)20-10-6-9-19(15-20)22(24)27/h6,9-10,15,18,21,26H,1,3-5,7-8,11-14,16H2,2H3,(H2,24,27)/t21?,23-/m1/s1. The van der Waals surface area contributed by atoms with Crippen LogP contribution in [0.15, 0.2) is 36.4 Å². The average Bonchev–Trinajstić information content (AvgIpc) is 2.69. The highest BCUT2D eigenvalue weighted by molar-refractivity contribution is 5.93. The van der Waals surface area contributed by atoms with Gasteiger partial charge in [0.1, 0.15) is 0 Å². The lowest BCUT2D eigenvalue weighted by Crippen LogP contribution is -2.44. The lowest BCUT2D eigenvalue weighted by atomic mass is 9.71. The van der Waals surface area contributed by atoms with Crippen LogP contribution in [0.2, 0.25) is 0 Å². The Kier molecular flexibility index (Phi) is 6.38. The average molecular weight is 371 g/mol. The zero-order valence-corrected chi connectivity index (χ0v) is 16.6. The fourth-order valence-electron chi connectivity index (χ4n) is 4.71. The van der Waals surface area contributed by atoms with Crippen LogP contribution in [0.3, 0.4) is 0 Å². The number of carbonyl (C=O) groups is 1. The van der Waals surface area contributed by atoms with E-state index in [1.807, 2.05) is 12.1 Å². The highest BCUT2D eigenvalue weighted by atomic mass is 16.3. The first-order valence-electron chi connectivity index (χ1n) is 10.4. The molecular formula is C23H34N2O2. The summed E-state index contributed by atoms with van der Waals surface area (Å²) in [6.45, 7) is 9.32. The van der Waals surface area contributed by atoms with E-state index in [1.165, 1.54) is 37.7 Å². The maximum atomic E-state index is 11.5. The molecule has 0 spiro atoms. The molecule has 2 fully saturated rings. The molecule has 1 saturated heterocycles. The zero-order valence-electron chi connectivity index (χ0n) is 16.6. The number of aliphatic hydroxyl groups excluding tert-OH is 1. The van der Waals surface area contributed by atoms with E-state index in [2.05, 4.69) is 24.5 Å². The Labute approximate surface area is 163 Å². The van der Waals surface area contributed by atoms with Gasteiger partial charge in [-0.25, -0.2) is 0 Å². The van der Waals surface area contributed by atoms with Gasteiger partial charge in [0.15, 0.2) is 0 Å². The van der Waals surface area contributed by atoms with Crippen molar-refractivity contribution in [1.29, 1.82) is 0 Å². The lowest BCUT2D eigenvalue weighted by Gasteiger charge is -2.42. The largest absolute Gasteiger partial charge is 0.393 e. The monoisotopic (exact) mass is 370 g/mol. The Bertz CT molecular complexity index is 681. The Hall–Kier alpha value is -1.65. The maximum Gasteiger partial charge on any atom is 0.248 e. The van der Waals surface area contributed by atoms with Crippen molar-refractivity contribution in [3.05, 3.63) is 47.5 Å². The molecule has 3 N–H and O–H groups in total. The summed E-state index contributed by atoms with van der Waals surface area (Å²) in [4.78, 5) is 13.9. The predicted molar refractivity (Wildman–Crippen MR) is 110 cm³/mol. The van der Waals surface area contributed by atoms with E-state index in [1.54, 1.807) is 6.07 Å². The van der Waals surface area contributed by atoms with Crippen LogP contribution in [0.5, 0.6) is 0 Å². The molecule has 1 aliphatic carbocycles. The van der Waals surface area contributed by atoms with E-state index in [9.17, 15) is 9.90 Å². The molecule has 1 heterocycles. The molecule has 1 aromatic rings. The number of benzene rings is 1. The molecule has 27 heavy (non-hydrogen) atoms. The summed E-state index contributed by atoms with van der Waals surface area (Å²) >= 11 is 0. The summed E-state index contributed by atoms with van der Waals surface area (Å²) in [5.41, 5.74) is 8.15. The molecule has 4 nitrogen and oxygen atoms in total. The van der Waals surface area contributed by atoms with Crippen LogP contribution in [0, 0.1) is 5.92 Å². The number of likely N-dealkylation sites (tertiary alicyclic amines) is 1. The minimum atomic E-state index is -0.389. The molecule has 3 rings (SSSR count). The van der Waals surface area contributed by atoms with Crippen LogP contribution in [0.1, 0.15) is 67.8 Å². The first-order valence-corrected chi connectivity index (χ1v) is 10.4. The Balaban J connectivity index is 1.57. The molecule has 148 valence electrons. The molecule has 4 heteroatoms. The van der Waals surface area contributed by atoms with Crippen molar-refractivity contribution >= 4 is 5.91 Å². The first kappa shape index (κ1) is 20.1. The second kappa shape index (κ2) is 8.57. The van der Waals surface area contributed by atoms with E-state index < -0.39 is 0 Å². The Morgan fingerprint density at radius 2 is 2.11 bits per heavy atom. The molecule has 1 unspecified atom stereocenters. The summed E-state index contributed by atoms with van der Waals surface area (Å²) in [6.07, 6.45) is 7.88. The van der Waals surface area contributed by atoms with Crippen LogP contribution in [-0.2, 0) is 5.41 Å². The second-order valence-corrected chi connectivity index (χ2v) is 8.66. The molecule has 1 aliphatic heterocycles. The van der Waals surface area contributed by atoms with Gasteiger partial charge in [-0.15, -0.1) is 0 Å². The van der Waals surface area contributed by atoms with Gasteiger partial charge in [-0.3, -0.25) is 9.69 Å². The van der Waals surface area contributed by atoms with Crippen LogP contribution < -0.4 is 5.73 Å². The van der Waals surface area contributed by atoms with Gasteiger partial charge in [0.25, 0.3) is 0 Å². The van der Waals surface area contributed by atoms with Crippen molar-refractivity contribution in [3.63, 3.8) is 0 Å². The van der Waals surface area contributed by atoms with E-state index >= 15 is 0 Å². The summed E-state index contributed by atoms with van der Waals surface area (Å²) in [6, 6.07) is 7.65. The number of primary amides is 1. The van der Waals surface area contributed by atoms with Gasteiger partial charge in [0, 0.05) is 24.1 Å². The topological polar surface area (TPSA) is 66.6 Å². The summed E-state index contributed by atoms with van der Waals surface area (Å²) in [5, 5.41) is 10.5. The number of carbonyl (C=O) groups excluding carboxylic acids is 1. The smallest absolute Gasteiger partial charge is 0.248 e. The number of aliphatic hydroxyl groups is 1. The van der Waals surface area contributed by atoms with Crippen LogP contribution in [-0.4, -0.2) is 41.7 Å². The molecule has 1 saturated carbocycles. The summed E-state index contributed by atoms with van der Waals surface area (Å²) < 4.78 is 0. The zero-order chi connectivity index (χ0) is 19.4. The van der Waals surface area contributed by atoms with E-state index in [0.717, 1.165) is 38.0 Å². The molecule has 0 aromatic heterocycles. The molecule has 2 atom stereocenters. The van der Waals surface area contributed by atoms with E-state index in [4.69, 9.17) is 5.73 Å². The van der Waals surface area contributed by atoms with Crippen LogP contribution in [0.25, 0.3) is 0 Å². The van der Waals surface area contributed by atoms with Crippen LogP contribution in [0.4, 0.5) is 0 Å². The normalized spacial score (nSPS) is 26.1. The molecule has 1 aromatic carbocycles. The molecule has 2 aliphatic rings. The fraction of sp³-hybridized carbons (Fsp3) is 0.609. The number of piperidine rings is 1. The van der Waals surface area contributed by atoms with E-state index in [0.29, 0.717) is 11.5 Å². The van der Waals surface area contributed by atoms with Gasteiger partial charge in [-0.1, -0.05) is 50.5 Å². The van der Waals surface area contributed by atoms with Crippen molar-refractivity contribution in [2.75, 3.05) is 19.6 Å². The third-order valence-electron chi connectivity index (χ3n) is 6.84. The van der Waals surface area contributed by atoms with Crippen molar-refractivity contribution in [2.45, 2.75) is 63.4 Å². The van der Waals surface area contributed by atoms with Crippen molar-refractivity contribution in [1.82, 2.24) is 4.90 Å². The third-order valence-corrected chi connectivity index (χ3v) is 6.84. The van der Waals surface area contributed by atoms with Gasteiger partial charge in [-0.05, 0) is 55.8 Å².